The van der Waals surface area contributed by atoms with Gasteiger partial charge in [-0.3, -0.25) is 9.79 Å². The molecule has 0 rings (SSSR count). The van der Waals surface area contributed by atoms with Crippen molar-refractivity contribution in [3.8, 4) is 0 Å². The summed E-state index contributed by atoms with van der Waals surface area (Å²) >= 11 is 0. The third-order valence-electron chi connectivity index (χ3n) is 1.36. The Hall–Kier alpha value is -0.920. The van der Waals surface area contributed by atoms with Gasteiger partial charge in [-0.25, -0.2) is 0 Å². The first-order chi connectivity index (χ1) is 5.11. The summed E-state index contributed by atoms with van der Waals surface area (Å²) < 4.78 is 0. The Morgan fingerprint density at radius 2 is 2.00 bits per heavy atom. The Morgan fingerprint density at radius 1 is 1.45 bits per heavy atom. The summed E-state index contributed by atoms with van der Waals surface area (Å²) in [6.07, 6.45) is 2.70. The standard InChI is InChI=1S/C9H15NO/c1-5-9(7(2)3)10-8(4)6-11/h5-7H,1-4H3/b9-5-,10-8?. The first kappa shape index (κ1) is 10.1. The number of nitrogens with zero attached hydrogens (tertiary/aromatic N) is 1. The van der Waals surface area contributed by atoms with Gasteiger partial charge in [0.2, 0.25) is 0 Å². The van der Waals surface area contributed by atoms with Gasteiger partial charge < -0.3 is 0 Å². The minimum atomic E-state index is 0.384. The number of allylic oxidation sites excluding steroid dienone is 2. The fourth-order valence-corrected chi connectivity index (χ4v) is 0.757. The third kappa shape index (κ3) is 3.71. The molecular weight excluding hydrogens is 138 g/mol. The maximum Gasteiger partial charge on any atom is 0.163 e. The smallest absolute Gasteiger partial charge is 0.163 e. The van der Waals surface area contributed by atoms with Crippen molar-refractivity contribution in [3.63, 3.8) is 0 Å². The van der Waals surface area contributed by atoms with Crippen molar-refractivity contribution < 1.29 is 4.79 Å². The largest absolute Gasteiger partial charge is 0.297 e. The van der Waals surface area contributed by atoms with Crippen LogP contribution in [-0.4, -0.2) is 12.0 Å². The van der Waals surface area contributed by atoms with Gasteiger partial charge in [0.1, 0.15) is 0 Å². The molecule has 0 unspecified atom stereocenters. The molecule has 0 N–H and O–H groups in total. The molecule has 0 aromatic heterocycles. The molecule has 0 fully saturated rings. The summed E-state index contributed by atoms with van der Waals surface area (Å²) in [6, 6.07) is 0. The molecule has 0 aromatic rings. The summed E-state index contributed by atoms with van der Waals surface area (Å²) in [5.74, 6) is 0.384. The van der Waals surface area contributed by atoms with Crippen molar-refractivity contribution in [3.05, 3.63) is 11.8 Å². The van der Waals surface area contributed by atoms with Gasteiger partial charge in [0, 0.05) is 5.70 Å². The van der Waals surface area contributed by atoms with Crippen molar-refractivity contribution in [1.29, 1.82) is 0 Å². The normalized spacial score (nSPS) is 13.9. The Kier molecular flexibility index (Phi) is 4.42. The van der Waals surface area contributed by atoms with E-state index in [1.807, 2.05) is 13.0 Å². The van der Waals surface area contributed by atoms with E-state index in [4.69, 9.17) is 0 Å². The van der Waals surface area contributed by atoms with Gasteiger partial charge in [-0.05, 0) is 19.8 Å². The molecule has 0 amide bonds. The van der Waals surface area contributed by atoms with E-state index >= 15 is 0 Å². The highest BCUT2D eigenvalue weighted by molar-refractivity contribution is 6.27. The lowest BCUT2D eigenvalue weighted by Crippen LogP contribution is -1.97. The summed E-state index contributed by atoms with van der Waals surface area (Å²) in [5, 5.41) is 0. The quantitative estimate of drug-likeness (QED) is 0.451. The fraction of sp³-hybridized carbons (Fsp3) is 0.556. The highest BCUT2D eigenvalue weighted by Crippen LogP contribution is 2.10. The van der Waals surface area contributed by atoms with Gasteiger partial charge in [-0.1, -0.05) is 19.9 Å². The zero-order chi connectivity index (χ0) is 8.85. The molecule has 0 spiro atoms. The van der Waals surface area contributed by atoms with Crippen molar-refractivity contribution in [2.75, 3.05) is 0 Å². The second kappa shape index (κ2) is 4.83. The lowest BCUT2D eigenvalue weighted by Gasteiger charge is -2.04. The van der Waals surface area contributed by atoms with Crippen LogP contribution in [0.25, 0.3) is 0 Å². The van der Waals surface area contributed by atoms with E-state index in [0.29, 0.717) is 11.6 Å². The van der Waals surface area contributed by atoms with E-state index in [1.165, 1.54) is 0 Å². The number of carbonyl (C=O) groups excluding carboxylic acids is 1. The Balaban J connectivity index is 4.44. The third-order valence-corrected chi connectivity index (χ3v) is 1.36. The van der Waals surface area contributed by atoms with Crippen LogP contribution >= 0.6 is 0 Å². The van der Waals surface area contributed by atoms with Crippen LogP contribution in [0.3, 0.4) is 0 Å². The molecular formula is C9H15NO. The Bertz CT molecular complexity index is 190. The lowest BCUT2D eigenvalue weighted by molar-refractivity contribution is -0.102. The van der Waals surface area contributed by atoms with E-state index in [2.05, 4.69) is 18.8 Å². The number of hydrogen-bond donors (Lipinski definition) is 0. The topological polar surface area (TPSA) is 29.4 Å². The second-order valence-electron chi connectivity index (χ2n) is 2.74. The maximum atomic E-state index is 10.2. The Labute approximate surface area is 68.0 Å². The van der Waals surface area contributed by atoms with Crippen LogP contribution in [-0.2, 0) is 4.79 Å². The maximum absolute atomic E-state index is 10.2. The molecule has 0 heterocycles. The zero-order valence-corrected chi connectivity index (χ0v) is 7.59. The highest BCUT2D eigenvalue weighted by Gasteiger charge is 1.99. The molecule has 0 aromatic carbocycles. The van der Waals surface area contributed by atoms with Gasteiger partial charge in [-0.2, -0.15) is 0 Å². The van der Waals surface area contributed by atoms with E-state index in [9.17, 15) is 4.79 Å². The average molecular weight is 153 g/mol. The van der Waals surface area contributed by atoms with Crippen LogP contribution in [0, 0.1) is 5.92 Å². The van der Waals surface area contributed by atoms with Gasteiger partial charge in [0.05, 0.1) is 5.71 Å². The molecule has 0 saturated carbocycles. The summed E-state index contributed by atoms with van der Waals surface area (Å²) in [5.41, 5.74) is 1.50. The van der Waals surface area contributed by atoms with Gasteiger partial charge in [-0.15, -0.1) is 0 Å². The monoisotopic (exact) mass is 153 g/mol. The molecule has 0 aliphatic carbocycles. The van der Waals surface area contributed by atoms with Crippen molar-refractivity contribution >= 4 is 12.0 Å². The van der Waals surface area contributed by atoms with E-state index in [1.54, 1.807) is 6.92 Å². The van der Waals surface area contributed by atoms with Crippen molar-refractivity contribution in [1.82, 2.24) is 0 Å². The zero-order valence-electron chi connectivity index (χ0n) is 7.59. The molecule has 0 radical (unpaired) electrons. The molecule has 0 bridgehead atoms. The average Bonchev–Trinajstić information content (AvgIpc) is 1.99. The molecule has 0 saturated heterocycles. The number of aliphatic imine (C=N–C) groups is 1. The van der Waals surface area contributed by atoms with E-state index in [-0.39, 0.29) is 0 Å². The van der Waals surface area contributed by atoms with Crippen LogP contribution in [0.1, 0.15) is 27.7 Å². The fourth-order valence-electron chi connectivity index (χ4n) is 0.757. The number of rotatable bonds is 3. The molecule has 2 heteroatoms. The lowest BCUT2D eigenvalue weighted by atomic mass is 10.1. The Morgan fingerprint density at radius 3 is 2.27 bits per heavy atom. The van der Waals surface area contributed by atoms with Crippen LogP contribution in [0.15, 0.2) is 16.8 Å². The summed E-state index contributed by atoms with van der Waals surface area (Å²) in [4.78, 5) is 14.3. The number of aldehydes is 1. The predicted octanol–water partition coefficient (Wildman–Crippen LogP) is 2.21. The van der Waals surface area contributed by atoms with Gasteiger partial charge in [0.25, 0.3) is 0 Å². The predicted molar refractivity (Wildman–Crippen MR) is 47.8 cm³/mol. The van der Waals surface area contributed by atoms with Crippen LogP contribution in [0.2, 0.25) is 0 Å². The summed E-state index contributed by atoms with van der Waals surface area (Å²) in [7, 11) is 0. The van der Waals surface area contributed by atoms with Crippen LogP contribution < -0.4 is 0 Å². The van der Waals surface area contributed by atoms with Crippen LogP contribution in [0.5, 0.6) is 0 Å². The first-order valence-corrected chi connectivity index (χ1v) is 3.78. The summed E-state index contributed by atoms with van der Waals surface area (Å²) in [6.45, 7) is 7.74. The van der Waals surface area contributed by atoms with E-state index < -0.39 is 0 Å². The molecule has 0 aliphatic heterocycles. The SMILES string of the molecule is C/C=C(\N=C(C)C=O)C(C)C. The number of carbonyl (C=O) groups is 1. The van der Waals surface area contributed by atoms with Gasteiger partial charge >= 0.3 is 0 Å². The first-order valence-electron chi connectivity index (χ1n) is 3.78. The molecule has 62 valence electrons. The van der Waals surface area contributed by atoms with E-state index in [0.717, 1.165) is 12.0 Å². The molecule has 2 nitrogen and oxygen atoms in total. The molecule has 11 heavy (non-hydrogen) atoms. The van der Waals surface area contributed by atoms with Crippen molar-refractivity contribution in [2.24, 2.45) is 10.9 Å². The second-order valence-corrected chi connectivity index (χ2v) is 2.74. The van der Waals surface area contributed by atoms with Gasteiger partial charge in [0.15, 0.2) is 6.29 Å². The van der Waals surface area contributed by atoms with Crippen molar-refractivity contribution in [2.45, 2.75) is 27.7 Å². The highest BCUT2D eigenvalue weighted by atomic mass is 16.1. The van der Waals surface area contributed by atoms with Crippen LogP contribution in [0.4, 0.5) is 0 Å². The number of hydrogen-bond acceptors (Lipinski definition) is 2. The molecule has 0 atom stereocenters. The molecule has 0 aliphatic rings. The minimum Gasteiger partial charge on any atom is -0.297 e. The minimum absolute atomic E-state index is 0.384.